The summed E-state index contributed by atoms with van der Waals surface area (Å²) in [5.41, 5.74) is 1.95. The van der Waals surface area contributed by atoms with Crippen molar-refractivity contribution in [1.29, 1.82) is 0 Å². The van der Waals surface area contributed by atoms with E-state index in [-0.39, 0.29) is 11.8 Å². The third-order valence-electron chi connectivity index (χ3n) is 3.51. The number of anilines is 1. The Hall–Kier alpha value is -1.46. The minimum atomic E-state index is 0.0787. The van der Waals surface area contributed by atoms with Crippen molar-refractivity contribution in [2.75, 3.05) is 5.32 Å². The predicted molar refractivity (Wildman–Crippen MR) is 90.4 cm³/mol. The molecule has 108 valence electrons. The van der Waals surface area contributed by atoms with Crippen molar-refractivity contribution >= 4 is 38.3 Å². The van der Waals surface area contributed by atoms with E-state index >= 15 is 0 Å². The quantitative estimate of drug-likeness (QED) is 0.791. The number of nitrogens with zero attached hydrogens (tertiary/aromatic N) is 1. The average Bonchev–Trinajstić information content (AvgIpc) is 2.97. The molecule has 0 aliphatic heterocycles. The van der Waals surface area contributed by atoms with Crippen molar-refractivity contribution in [3.8, 4) is 11.3 Å². The maximum Gasteiger partial charge on any atom is 0.229 e. The predicted octanol–water partition coefficient (Wildman–Crippen LogP) is 4.87. The normalized spacial score (nSPS) is 17.7. The molecule has 1 aromatic heterocycles. The number of amides is 1. The second-order valence-corrected chi connectivity index (χ2v) is 6.79. The molecule has 0 fully saturated rings. The zero-order chi connectivity index (χ0) is 14.7. The number of halogens is 1. The molecule has 1 N–H and O–H groups in total. The summed E-state index contributed by atoms with van der Waals surface area (Å²) in [6.45, 7) is 0. The Morgan fingerprint density at radius 1 is 1.29 bits per heavy atom. The van der Waals surface area contributed by atoms with Crippen LogP contribution in [0.5, 0.6) is 0 Å². The summed E-state index contributed by atoms with van der Waals surface area (Å²) in [4.78, 5) is 16.7. The number of nitrogens with one attached hydrogen (secondary N) is 1. The smallest absolute Gasteiger partial charge is 0.229 e. The van der Waals surface area contributed by atoms with Gasteiger partial charge in [-0.25, -0.2) is 4.98 Å². The fourth-order valence-corrected chi connectivity index (χ4v) is 3.31. The molecule has 1 heterocycles. The van der Waals surface area contributed by atoms with E-state index in [1.807, 2.05) is 29.6 Å². The second-order valence-electron chi connectivity index (χ2n) is 5.02. The van der Waals surface area contributed by atoms with Crippen molar-refractivity contribution in [1.82, 2.24) is 4.98 Å². The number of benzene rings is 1. The fourth-order valence-electron chi connectivity index (χ4n) is 2.32. The highest BCUT2D eigenvalue weighted by atomic mass is 79.9. The van der Waals surface area contributed by atoms with Gasteiger partial charge in [0.2, 0.25) is 5.91 Å². The first-order valence-corrected chi connectivity index (χ1v) is 8.57. The minimum Gasteiger partial charge on any atom is -0.302 e. The van der Waals surface area contributed by atoms with Crippen molar-refractivity contribution in [3.63, 3.8) is 0 Å². The summed E-state index contributed by atoms with van der Waals surface area (Å²) in [6.07, 6.45) is 6.96. The van der Waals surface area contributed by atoms with Gasteiger partial charge < -0.3 is 5.32 Å². The van der Waals surface area contributed by atoms with Crippen LogP contribution in [0, 0.1) is 5.92 Å². The Labute approximate surface area is 136 Å². The van der Waals surface area contributed by atoms with Crippen LogP contribution in [0.3, 0.4) is 0 Å². The number of hydrogen-bond donors (Lipinski definition) is 1. The van der Waals surface area contributed by atoms with E-state index in [4.69, 9.17) is 0 Å². The molecule has 1 aromatic carbocycles. The van der Waals surface area contributed by atoms with Gasteiger partial charge >= 0.3 is 0 Å². The minimum absolute atomic E-state index is 0.0787. The Kier molecular flexibility index (Phi) is 4.51. The lowest BCUT2D eigenvalue weighted by molar-refractivity contribution is -0.120. The average molecular weight is 363 g/mol. The number of allylic oxidation sites excluding steroid dienone is 2. The monoisotopic (exact) mass is 362 g/mol. The zero-order valence-corrected chi connectivity index (χ0v) is 13.8. The number of carbonyl (C=O) groups is 1. The molecule has 5 heteroatoms. The van der Waals surface area contributed by atoms with E-state index in [1.165, 1.54) is 11.3 Å². The second kappa shape index (κ2) is 6.54. The summed E-state index contributed by atoms with van der Waals surface area (Å²) >= 11 is 4.89. The van der Waals surface area contributed by atoms with E-state index in [2.05, 4.69) is 38.4 Å². The van der Waals surface area contributed by atoms with E-state index in [1.54, 1.807) is 0 Å². The highest BCUT2D eigenvalue weighted by Crippen LogP contribution is 2.27. The van der Waals surface area contributed by atoms with Crippen LogP contribution in [0.4, 0.5) is 5.13 Å². The van der Waals surface area contributed by atoms with Crippen LogP contribution in [-0.4, -0.2) is 10.9 Å². The molecule has 0 saturated heterocycles. The lowest BCUT2D eigenvalue weighted by Crippen LogP contribution is -2.23. The molecular weight excluding hydrogens is 348 g/mol. The molecule has 2 aromatic rings. The van der Waals surface area contributed by atoms with Crippen LogP contribution in [0.25, 0.3) is 11.3 Å². The summed E-state index contributed by atoms with van der Waals surface area (Å²) in [6, 6.07) is 8.00. The lowest BCUT2D eigenvalue weighted by Gasteiger charge is -2.15. The van der Waals surface area contributed by atoms with Gasteiger partial charge in [-0.2, -0.15) is 0 Å². The molecule has 1 aliphatic carbocycles. The molecule has 0 bridgehead atoms. The third kappa shape index (κ3) is 3.60. The number of aromatic nitrogens is 1. The van der Waals surface area contributed by atoms with E-state index in [0.717, 1.165) is 35.0 Å². The lowest BCUT2D eigenvalue weighted by atomic mass is 9.94. The Balaban J connectivity index is 1.68. The van der Waals surface area contributed by atoms with Crippen LogP contribution in [0.15, 0.2) is 46.3 Å². The van der Waals surface area contributed by atoms with Gasteiger partial charge in [-0.3, -0.25) is 4.79 Å². The van der Waals surface area contributed by atoms with Gasteiger partial charge in [0.1, 0.15) is 0 Å². The van der Waals surface area contributed by atoms with Gasteiger partial charge in [-0.1, -0.05) is 40.2 Å². The van der Waals surface area contributed by atoms with Gasteiger partial charge in [0, 0.05) is 21.3 Å². The van der Waals surface area contributed by atoms with Crippen LogP contribution < -0.4 is 5.32 Å². The topological polar surface area (TPSA) is 42.0 Å². The van der Waals surface area contributed by atoms with Crippen molar-refractivity contribution in [2.45, 2.75) is 19.3 Å². The SMILES string of the molecule is O=C(Nc1nc(-c2ccc(Br)cc2)cs1)[C@H]1CC=CCC1. The van der Waals surface area contributed by atoms with E-state index in [0.29, 0.717) is 5.13 Å². The highest BCUT2D eigenvalue weighted by molar-refractivity contribution is 9.10. The fraction of sp³-hybridized carbons (Fsp3) is 0.250. The molecule has 1 amide bonds. The van der Waals surface area contributed by atoms with Gasteiger partial charge in [0.25, 0.3) is 0 Å². The summed E-state index contributed by atoms with van der Waals surface area (Å²) in [5, 5.41) is 5.58. The van der Waals surface area contributed by atoms with E-state index in [9.17, 15) is 4.79 Å². The first kappa shape index (κ1) is 14.5. The Bertz CT molecular complexity index is 663. The van der Waals surface area contributed by atoms with Gasteiger partial charge in [0.15, 0.2) is 5.13 Å². The van der Waals surface area contributed by atoms with Crippen molar-refractivity contribution < 1.29 is 4.79 Å². The molecule has 0 radical (unpaired) electrons. The number of rotatable bonds is 3. The highest BCUT2D eigenvalue weighted by Gasteiger charge is 2.19. The van der Waals surface area contributed by atoms with Crippen LogP contribution in [0.1, 0.15) is 19.3 Å². The maximum atomic E-state index is 12.2. The summed E-state index contributed by atoms with van der Waals surface area (Å²) < 4.78 is 1.04. The van der Waals surface area contributed by atoms with Crippen LogP contribution in [0.2, 0.25) is 0 Å². The number of carbonyl (C=O) groups excluding carboxylic acids is 1. The molecule has 0 saturated carbocycles. The summed E-state index contributed by atoms with van der Waals surface area (Å²) in [7, 11) is 0. The molecule has 1 aliphatic rings. The van der Waals surface area contributed by atoms with Crippen LogP contribution >= 0.6 is 27.3 Å². The first-order valence-electron chi connectivity index (χ1n) is 6.90. The molecule has 21 heavy (non-hydrogen) atoms. The molecular formula is C16H15BrN2OS. The van der Waals surface area contributed by atoms with Crippen molar-refractivity contribution in [2.24, 2.45) is 5.92 Å². The Morgan fingerprint density at radius 3 is 2.81 bits per heavy atom. The van der Waals surface area contributed by atoms with Crippen molar-refractivity contribution in [3.05, 3.63) is 46.3 Å². The van der Waals surface area contributed by atoms with E-state index < -0.39 is 0 Å². The third-order valence-corrected chi connectivity index (χ3v) is 4.80. The molecule has 0 unspecified atom stereocenters. The maximum absolute atomic E-state index is 12.2. The number of hydrogen-bond acceptors (Lipinski definition) is 3. The van der Waals surface area contributed by atoms with Gasteiger partial charge in [-0.15, -0.1) is 11.3 Å². The zero-order valence-electron chi connectivity index (χ0n) is 11.4. The Morgan fingerprint density at radius 2 is 2.10 bits per heavy atom. The van der Waals surface area contributed by atoms with Gasteiger partial charge in [0.05, 0.1) is 5.69 Å². The first-order chi connectivity index (χ1) is 10.2. The molecule has 3 nitrogen and oxygen atoms in total. The number of thiazole rings is 1. The molecule has 0 spiro atoms. The largest absolute Gasteiger partial charge is 0.302 e. The molecule has 3 rings (SSSR count). The molecule has 1 atom stereocenters. The van der Waals surface area contributed by atoms with Gasteiger partial charge in [-0.05, 0) is 31.4 Å². The standard InChI is InChI=1S/C16H15BrN2OS/c17-13-8-6-11(7-9-13)14-10-21-16(18-14)19-15(20)12-4-2-1-3-5-12/h1-2,6-10,12H,3-5H2,(H,18,19,20)/t12-/m0/s1. The van der Waals surface area contributed by atoms with Crippen LogP contribution in [-0.2, 0) is 4.79 Å². The summed E-state index contributed by atoms with van der Waals surface area (Å²) in [5.74, 6) is 0.158.